The predicted octanol–water partition coefficient (Wildman–Crippen LogP) is 1.98. The topological polar surface area (TPSA) is 32.3 Å². The maximum absolute atomic E-state index is 12.8. The molecule has 1 rings (SSSR count). The number of hydrogen-bond donors (Lipinski definition) is 2. The Morgan fingerprint density at radius 1 is 1.43 bits per heavy atom. The van der Waals surface area contributed by atoms with Gasteiger partial charge in [-0.15, -0.1) is 0 Å². The van der Waals surface area contributed by atoms with Crippen molar-refractivity contribution in [3.8, 4) is 5.75 Å². The zero-order valence-electron chi connectivity index (χ0n) is 8.09. The summed E-state index contributed by atoms with van der Waals surface area (Å²) in [6, 6.07) is 4.09. The average Bonchev–Trinajstić information content (AvgIpc) is 2.11. The lowest BCUT2D eigenvalue weighted by molar-refractivity contribution is 0.467. The molecule has 0 amide bonds. The van der Waals surface area contributed by atoms with E-state index >= 15 is 0 Å². The van der Waals surface area contributed by atoms with Gasteiger partial charge in [-0.25, -0.2) is 4.39 Å². The zero-order valence-corrected chi connectivity index (χ0v) is 8.90. The number of benzene rings is 1. The van der Waals surface area contributed by atoms with Crippen LogP contribution < -0.4 is 5.32 Å². The second-order valence-corrected chi connectivity index (χ2v) is 3.97. The number of aromatic hydroxyl groups is 1. The monoisotopic (exact) mass is 215 g/mol. The van der Waals surface area contributed by atoms with E-state index in [0.717, 1.165) is 23.9 Å². The highest BCUT2D eigenvalue weighted by Gasteiger charge is 1.98. The van der Waals surface area contributed by atoms with Crippen LogP contribution in [0.2, 0.25) is 0 Å². The number of phenolic OH excluding ortho intramolecular Hbond substituents is 1. The molecule has 0 saturated heterocycles. The summed E-state index contributed by atoms with van der Waals surface area (Å²) in [6.45, 7) is 1.48. The van der Waals surface area contributed by atoms with Crippen LogP contribution >= 0.6 is 11.8 Å². The minimum atomic E-state index is -0.397. The Balaban J connectivity index is 2.42. The second kappa shape index (κ2) is 5.88. The lowest BCUT2D eigenvalue weighted by Crippen LogP contribution is -2.16. The van der Waals surface area contributed by atoms with E-state index in [4.69, 9.17) is 5.11 Å². The molecule has 0 saturated carbocycles. The van der Waals surface area contributed by atoms with E-state index in [9.17, 15) is 4.39 Å². The summed E-state index contributed by atoms with van der Waals surface area (Å²) >= 11 is 1.76. The lowest BCUT2D eigenvalue weighted by Gasteiger charge is -2.04. The molecule has 0 bridgehead atoms. The molecule has 0 radical (unpaired) electrons. The van der Waals surface area contributed by atoms with Crippen LogP contribution in [0.15, 0.2) is 18.2 Å². The van der Waals surface area contributed by atoms with Gasteiger partial charge in [0, 0.05) is 24.9 Å². The number of nitrogens with one attached hydrogen (secondary N) is 1. The van der Waals surface area contributed by atoms with E-state index in [1.807, 2.05) is 6.26 Å². The smallest absolute Gasteiger partial charge is 0.127 e. The summed E-state index contributed by atoms with van der Waals surface area (Å²) in [5.74, 6) is 0.611. The Kier molecular flexibility index (Phi) is 4.76. The quantitative estimate of drug-likeness (QED) is 0.737. The molecule has 1 aromatic carbocycles. The van der Waals surface area contributed by atoms with Gasteiger partial charge in [-0.1, -0.05) is 0 Å². The molecule has 0 aliphatic carbocycles. The van der Waals surface area contributed by atoms with E-state index in [2.05, 4.69) is 5.32 Å². The summed E-state index contributed by atoms with van der Waals surface area (Å²) in [6.07, 6.45) is 2.04. The van der Waals surface area contributed by atoms with E-state index < -0.39 is 5.82 Å². The molecule has 2 nitrogen and oxygen atoms in total. The van der Waals surface area contributed by atoms with Crippen molar-refractivity contribution in [2.75, 3.05) is 18.6 Å². The third kappa shape index (κ3) is 3.98. The number of rotatable bonds is 5. The molecule has 78 valence electrons. The Morgan fingerprint density at radius 3 is 2.86 bits per heavy atom. The summed E-state index contributed by atoms with van der Waals surface area (Å²) in [7, 11) is 0. The van der Waals surface area contributed by atoms with Gasteiger partial charge in [0.2, 0.25) is 0 Å². The van der Waals surface area contributed by atoms with Crippen molar-refractivity contribution in [1.82, 2.24) is 5.32 Å². The summed E-state index contributed by atoms with van der Waals surface area (Å²) < 4.78 is 12.8. The predicted molar refractivity (Wildman–Crippen MR) is 58.2 cm³/mol. The van der Waals surface area contributed by atoms with Crippen molar-refractivity contribution in [3.63, 3.8) is 0 Å². The molecule has 0 atom stereocenters. The maximum Gasteiger partial charge on any atom is 0.127 e. The highest BCUT2D eigenvalue weighted by molar-refractivity contribution is 7.98. The maximum atomic E-state index is 12.8. The van der Waals surface area contributed by atoms with Crippen LogP contribution in [-0.2, 0) is 6.54 Å². The van der Waals surface area contributed by atoms with Gasteiger partial charge in [-0.2, -0.15) is 11.8 Å². The SMILES string of the molecule is CSCCNCc1cc(O)cc(F)c1. The second-order valence-electron chi connectivity index (χ2n) is 2.99. The molecule has 0 fully saturated rings. The van der Waals surface area contributed by atoms with Gasteiger partial charge in [0.25, 0.3) is 0 Å². The molecule has 4 heteroatoms. The molecular formula is C10H14FNOS. The van der Waals surface area contributed by atoms with Crippen molar-refractivity contribution < 1.29 is 9.50 Å². The van der Waals surface area contributed by atoms with Crippen molar-refractivity contribution in [3.05, 3.63) is 29.6 Å². The van der Waals surface area contributed by atoms with Crippen molar-refractivity contribution >= 4 is 11.8 Å². The van der Waals surface area contributed by atoms with Gasteiger partial charge < -0.3 is 10.4 Å². The Morgan fingerprint density at radius 2 is 2.21 bits per heavy atom. The minimum Gasteiger partial charge on any atom is -0.508 e. The highest BCUT2D eigenvalue weighted by atomic mass is 32.2. The fourth-order valence-electron chi connectivity index (χ4n) is 1.14. The first kappa shape index (κ1) is 11.3. The Bertz CT molecular complexity index is 273. The van der Waals surface area contributed by atoms with E-state index in [0.29, 0.717) is 6.54 Å². The first-order valence-electron chi connectivity index (χ1n) is 4.40. The third-order valence-corrected chi connectivity index (χ3v) is 2.37. The van der Waals surface area contributed by atoms with Crippen LogP contribution in [0, 0.1) is 5.82 Å². The van der Waals surface area contributed by atoms with Crippen molar-refractivity contribution in [2.24, 2.45) is 0 Å². The van der Waals surface area contributed by atoms with Crippen LogP contribution in [0.1, 0.15) is 5.56 Å². The van der Waals surface area contributed by atoms with Crippen LogP contribution in [0.25, 0.3) is 0 Å². The van der Waals surface area contributed by atoms with Gasteiger partial charge in [0.05, 0.1) is 0 Å². The molecule has 14 heavy (non-hydrogen) atoms. The summed E-state index contributed by atoms with van der Waals surface area (Å²) in [5.41, 5.74) is 0.767. The van der Waals surface area contributed by atoms with Gasteiger partial charge in [-0.3, -0.25) is 0 Å². The Labute approximate surface area is 87.5 Å². The van der Waals surface area contributed by atoms with Crippen LogP contribution in [0.4, 0.5) is 4.39 Å². The van der Waals surface area contributed by atoms with Crippen molar-refractivity contribution in [2.45, 2.75) is 6.54 Å². The standard InChI is InChI=1S/C10H14FNOS/c1-14-3-2-12-7-8-4-9(11)6-10(13)5-8/h4-6,12-13H,2-3,7H2,1H3. The van der Waals surface area contributed by atoms with E-state index in [1.165, 1.54) is 6.07 Å². The molecule has 1 aromatic rings. The molecule has 0 unspecified atom stereocenters. The molecule has 2 N–H and O–H groups in total. The zero-order chi connectivity index (χ0) is 10.4. The molecule has 0 aliphatic rings. The minimum absolute atomic E-state index is 0.0216. The van der Waals surface area contributed by atoms with Crippen LogP contribution in [-0.4, -0.2) is 23.7 Å². The molecule has 0 heterocycles. The van der Waals surface area contributed by atoms with Gasteiger partial charge in [-0.05, 0) is 24.0 Å². The fourth-order valence-corrected chi connectivity index (χ4v) is 1.49. The third-order valence-electron chi connectivity index (χ3n) is 1.75. The molecule has 0 aliphatic heterocycles. The number of hydrogen-bond acceptors (Lipinski definition) is 3. The molecular weight excluding hydrogens is 201 g/mol. The summed E-state index contributed by atoms with van der Waals surface area (Å²) in [5, 5.41) is 12.3. The summed E-state index contributed by atoms with van der Waals surface area (Å²) in [4.78, 5) is 0. The highest BCUT2D eigenvalue weighted by Crippen LogP contribution is 2.14. The first-order valence-corrected chi connectivity index (χ1v) is 5.80. The lowest BCUT2D eigenvalue weighted by atomic mass is 10.2. The van der Waals surface area contributed by atoms with Gasteiger partial charge >= 0.3 is 0 Å². The normalized spacial score (nSPS) is 10.4. The fraction of sp³-hybridized carbons (Fsp3) is 0.400. The van der Waals surface area contributed by atoms with Crippen LogP contribution in [0.3, 0.4) is 0 Å². The van der Waals surface area contributed by atoms with Crippen molar-refractivity contribution in [1.29, 1.82) is 0 Å². The molecule has 0 aromatic heterocycles. The number of halogens is 1. The van der Waals surface area contributed by atoms with E-state index in [-0.39, 0.29) is 5.75 Å². The Hall–Kier alpha value is -0.740. The van der Waals surface area contributed by atoms with Crippen LogP contribution in [0.5, 0.6) is 5.75 Å². The van der Waals surface area contributed by atoms with Gasteiger partial charge in [0.1, 0.15) is 11.6 Å². The van der Waals surface area contributed by atoms with Gasteiger partial charge in [0.15, 0.2) is 0 Å². The average molecular weight is 215 g/mol. The largest absolute Gasteiger partial charge is 0.508 e. The molecule has 0 spiro atoms. The number of phenols is 1. The number of thioether (sulfide) groups is 1. The first-order chi connectivity index (χ1) is 6.72. The van der Waals surface area contributed by atoms with E-state index in [1.54, 1.807) is 17.8 Å².